The van der Waals surface area contributed by atoms with Crippen molar-refractivity contribution in [3.05, 3.63) is 56.5 Å². The van der Waals surface area contributed by atoms with Crippen LogP contribution >= 0.6 is 0 Å². The minimum Gasteiger partial charge on any atom is -0.480 e. The summed E-state index contributed by atoms with van der Waals surface area (Å²) in [6.07, 6.45) is 6.03. The number of fused-ring (bicyclic) bond motifs is 2. The number of rotatable bonds is 6. The lowest BCUT2D eigenvalue weighted by atomic mass is 9.88. The van der Waals surface area contributed by atoms with Gasteiger partial charge in [0.2, 0.25) is 6.79 Å². The van der Waals surface area contributed by atoms with Crippen molar-refractivity contribution in [2.45, 2.75) is 64.8 Å². The minimum atomic E-state index is -1.13. The van der Waals surface area contributed by atoms with Gasteiger partial charge in [-0.25, -0.2) is 4.79 Å². The molecule has 2 aromatic rings. The van der Waals surface area contributed by atoms with Gasteiger partial charge in [-0.05, 0) is 66.8 Å². The number of pyridine rings is 1. The van der Waals surface area contributed by atoms with Gasteiger partial charge in [-0.3, -0.25) is 9.59 Å². The Morgan fingerprint density at radius 3 is 2.55 bits per heavy atom. The fraction of sp³-hybridized carbons (Fsp3) is 0.480. The molecule has 0 saturated heterocycles. The van der Waals surface area contributed by atoms with Crippen LogP contribution in [0.15, 0.2) is 23.0 Å². The highest BCUT2D eigenvalue weighted by molar-refractivity contribution is 5.98. The number of benzene rings is 1. The fourth-order valence-electron chi connectivity index (χ4n) is 4.63. The van der Waals surface area contributed by atoms with Crippen LogP contribution in [0.5, 0.6) is 11.5 Å². The van der Waals surface area contributed by atoms with Crippen LogP contribution in [0.2, 0.25) is 0 Å². The molecule has 1 amide bonds. The molecular weight excluding hydrogens is 424 g/mol. The van der Waals surface area contributed by atoms with Crippen molar-refractivity contribution in [3.63, 3.8) is 0 Å². The van der Waals surface area contributed by atoms with E-state index in [0.29, 0.717) is 23.5 Å². The monoisotopic (exact) mass is 454 g/mol. The van der Waals surface area contributed by atoms with Gasteiger partial charge in [0.25, 0.3) is 11.5 Å². The molecular formula is C25H30N2O6. The molecule has 0 bridgehead atoms. The molecule has 1 aliphatic heterocycles. The van der Waals surface area contributed by atoms with Gasteiger partial charge >= 0.3 is 5.97 Å². The van der Waals surface area contributed by atoms with Crippen LogP contribution in [-0.4, -0.2) is 34.8 Å². The number of nitrogens with one attached hydrogen (secondary N) is 2. The lowest BCUT2D eigenvalue weighted by molar-refractivity contribution is -0.140. The fourth-order valence-corrected chi connectivity index (χ4v) is 4.63. The Kier molecular flexibility index (Phi) is 6.72. The summed E-state index contributed by atoms with van der Waals surface area (Å²) in [5.41, 5.74) is 2.95. The third kappa shape index (κ3) is 4.89. The molecule has 1 atom stereocenters. The molecule has 1 unspecified atom stereocenters. The molecule has 8 heteroatoms. The molecule has 1 aromatic heterocycles. The molecule has 2 heterocycles. The van der Waals surface area contributed by atoms with Crippen LogP contribution < -0.4 is 20.3 Å². The number of carbonyl (C=O) groups is 2. The highest BCUT2D eigenvalue weighted by Crippen LogP contribution is 2.34. The second kappa shape index (κ2) is 9.68. The van der Waals surface area contributed by atoms with Gasteiger partial charge in [0.05, 0.1) is 0 Å². The van der Waals surface area contributed by atoms with E-state index in [1.807, 2.05) is 18.2 Å². The summed E-state index contributed by atoms with van der Waals surface area (Å²) in [4.78, 5) is 41.0. The summed E-state index contributed by atoms with van der Waals surface area (Å²) in [5.74, 6) is -0.806. The molecule has 0 spiro atoms. The molecule has 0 radical (unpaired) electrons. The maximum Gasteiger partial charge on any atom is 0.326 e. The predicted octanol–water partition coefficient (Wildman–Crippen LogP) is 3.19. The zero-order chi connectivity index (χ0) is 23.5. The molecule has 8 nitrogen and oxygen atoms in total. The largest absolute Gasteiger partial charge is 0.480 e. The van der Waals surface area contributed by atoms with Gasteiger partial charge in [-0.2, -0.15) is 0 Å². The molecule has 3 N–H and O–H groups in total. The Hall–Kier alpha value is -3.29. The van der Waals surface area contributed by atoms with Gasteiger partial charge in [0.1, 0.15) is 11.6 Å². The SMILES string of the molecule is CC(C)C(NC(=O)c1c(Cc2ccc3c(c2)OCO3)c2c([nH]c1=O)CCCCCC2)C(=O)O. The molecule has 0 fully saturated rings. The zero-order valence-electron chi connectivity index (χ0n) is 19.0. The molecule has 1 aliphatic carbocycles. The van der Waals surface area contributed by atoms with Gasteiger partial charge < -0.3 is 24.9 Å². The second-order valence-corrected chi connectivity index (χ2v) is 9.08. The number of aromatic nitrogens is 1. The number of H-pyrrole nitrogens is 1. The number of hydrogen-bond acceptors (Lipinski definition) is 5. The number of ether oxygens (including phenoxy) is 2. The molecule has 1 aromatic carbocycles. The van der Waals surface area contributed by atoms with E-state index in [2.05, 4.69) is 10.3 Å². The van der Waals surface area contributed by atoms with Crippen molar-refractivity contribution in [2.24, 2.45) is 5.92 Å². The molecule has 4 rings (SSSR count). The summed E-state index contributed by atoms with van der Waals surface area (Å²) in [5, 5.41) is 12.1. The smallest absolute Gasteiger partial charge is 0.326 e. The molecule has 2 aliphatic rings. The Balaban J connectivity index is 1.79. The first-order chi connectivity index (χ1) is 15.8. The zero-order valence-corrected chi connectivity index (χ0v) is 19.0. The first-order valence-electron chi connectivity index (χ1n) is 11.5. The maximum atomic E-state index is 13.3. The Morgan fingerprint density at radius 2 is 1.82 bits per heavy atom. The number of aliphatic carboxylic acids is 1. The van der Waals surface area contributed by atoms with E-state index in [-0.39, 0.29) is 18.3 Å². The standard InChI is InChI=1S/C25H30N2O6/c1-14(2)22(25(30)31)27-24(29)21-17(11-15-9-10-19-20(12-15)33-13-32-19)16-7-5-3-4-6-8-18(16)26-23(21)28/h9-10,12,14,22H,3-8,11,13H2,1-2H3,(H,26,28)(H,27,29)(H,30,31). The van der Waals surface area contributed by atoms with Crippen LogP contribution in [0.4, 0.5) is 0 Å². The van der Waals surface area contributed by atoms with Crippen LogP contribution in [0.3, 0.4) is 0 Å². The van der Waals surface area contributed by atoms with E-state index in [4.69, 9.17) is 9.47 Å². The number of amides is 1. The molecule has 176 valence electrons. The number of carboxylic acids is 1. The summed E-state index contributed by atoms with van der Waals surface area (Å²) in [7, 11) is 0. The topological polar surface area (TPSA) is 118 Å². The van der Waals surface area contributed by atoms with E-state index < -0.39 is 23.5 Å². The van der Waals surface area contributed by atoms with Crippen molar-refractivity contribution >= 4 is 11.9 Å². The Morgan fingerprint density at radius 1 is 1.09 bits per heavy atom. The van der Waals surface area contributed by atoms with Crippen LogP contribution in [-0.2, 0) is 24.1 Å². The van der Waals surface area contributed by atoms with E-state index in [0.717, 1.165) is 55.3 Å². The van der Waals surface area contributed by atoms with Gasteiger partial charge in [-0.1, -0.05) is 32.8 Å². The number of carbonyl (C=O) groups excluding carboxylic acids is 1. The van der Waals surface area contributed by atoms with Crippen molar-refractivity contribution < 1.29 is 24.2 Å². The normalized spacial score (nSPS) is 16.0. The van der Waals surface area contributed by atoms with Crippen molar-refractivity contribution in [2.75, 3.05) is 6.79 Å². The summed E-state index contributed by atoms with van der Waals surface area (Å²) in [6, 6.07) is 4.51. The molecule has 33 heavy (non-hydrogen) atoms. The highest BCUT2D eigenvalue weighted by atomic mass is 16.7. The number of aryl methyl sites for hydroxylation is 1. The van der Waals surface area contributed by atoms with Crippen molar-refractivity contribution in [3.8, 4) is 11.5 Å². The lowest BCUT2D eigenvalue weighted by Gasteiger charge is -2.22. The number of aromatic amines is 1. The number of carboxylic acid groups (broad SMARTS) is 1. The average molecular weight is 455 g/mol. The van der Waals surface area contributed by atoms with E-state index in [1.165, 1.54) is 0 Å². The summed E-state index contributed by atoms with van der Waals surface area (Å²) < 4.78 is 10.9. The van der Waals surface area contributed by atoms with Gasteiger partial charge in [0.15, 0.2) is 11.5 Å². The maximum absolute atomic E-state index is 13.3. The first kappa shape index (κ1) is 22.9. The average Bonchev–Trinajstić information content (AvgIpc) is 3.20. The van der Waals surface area contributed by atoms with Gasteiger partial charge in [0, 0.05) is 5.69 Å². The summed E-state index contributed by atoms with van der Waals surface area (Å²) in [6.45, 7) is 3.60. The second-order valence-electron chi connectivity index (χ2n) is 9.08. The van der Waals surface area contributed by atoms with Crippen molar-refractivity contribution in [1.82, 2.24) is 10.3 Å². The van der Waals surface area contributed by atoms with E-state index in [9.17, 15) is 19.5 Å². The quantitative estimate of drug-likeness (QED) is 0.617. The van der Waals surface area contributed by atoms with Gasteiger partial charge in [-0.15, -0.1) is 0 Å². The van der Waals surface area contributed by atoms with Crippen LogP contribution in [0.25, 0.3) is 0 Å². The Bertz CT molecular complexity index is 1120. The first-order valence-corrected chi connectivity index (χ1v) is 11.5. The van der Waals surface area contributed by atoms with Crippen LogP contribution in [0.1, 0.15) is 72.3 Å². The molecule has 0 saturated carbocycles. The summed E-state index contributed by atoms with van der Waals surface area (Å²) >= 11 is 0. The van der Waals surface area contributed by atoms with Crippen molar-refractivity contribution in [1.29, 1.82) is 0 Å². The van der Waals surface area contributed by atoms with Crippen LogP contribution in [0, 0.1) is 5.92 Å². The minimum absolute atomic E-state index is 0.00103. The Labute approximate surface area is 192 Å². The number of hydrogen-bond donors (Lipinski definition) is 3. The van der Waals surface area contributed by atoms with E-state index in [1.54, 1.807) is 13.8 Å². The third-order valence-corrected chi connectivity index (χ3v) is 6.39. The lowest BCUT2D eigenvalue weighted by Crippen LogP contribution is -2.46. The highest BCUT2D eigenvalue weighted by Gasteiger charge is 2.29. The third-order valence-electron chi connectivity index (χ3n) is 6.39. The van der Waals surface area contributed by atoms with E-state index >= 15 is 0 Å². The predicted molar refractivity (Wildman–Crippen MR) is 122 cm³/mol.